The quantitative estimate of drug-likeness (QED) is 0.736. The summed E-state index contributed by atoms with van der Waals surface area (Å²) in [6.07, 6.45) is 3.61. The molecule has 0 aromatic rings. The van der Waals surface area contributed by atoms with Gasteiger partial charge in [-0.3, -0.25) is 9.00 Å². The Balaban J connectivity index is 2.41. The highest BCUT2D eigenvalue weighted by Gasteiger charge is 2.31. The van der Waals surface area contributed by atoms with E-state index in [1.165, 1.54) is 0 Å². The van der Waals surface area contributed by atoms with E-state index in [1.54, 1.807) is 6.26 Å². The van der Waals surface area contributed by atoms with Crippen LogP contribution in [0.5, 0.6) is 0 Å². The van der Waals surface area contributed by atoms with Crippen LogP contribution in [0.1, 0.15) is 26.7 Å². The fraction of sp³-hybridized carbons (Fsp3) is 0.909. The number of carbonyl (C=O) groups is 1. The molecule has 0 aliphatic carbocycles. The van der Waals surface area contributed by atoms with Gasteiger partial charge >= 0.3 is 0 Å². The number of amides is 1. The van der Waals surface area contributed by atoms with Crippen LogP contribution in [0.15, 0.2) is 0 Å². The summed E-state index contributed by atoms with van der Waals surface area (Å²) in [6, 6.07) is -0.0163. The maximum absolute atomic E-state index is 11.9. The fourth-order valence-corrected chi connectivity index (χ4v) is 2.23. The number of nitrogens with zero attached hydrogens (tertiary/aromatic N) is 1. The zero-order valence-corrected chi connectivity index (χ0v) is 11.2. The second-order valence-electron chi connectivity index (χ2n) is 4.39. The van der Waals surface area contributed by atoms with Crippen LogP contribution in [0, 0.1) is 0 Å². The second kappa shape index (κ2) is 6.35. The van der Waals surface area contributed by atoms with Crippen LogP contribution in [0.25, 0.3) is 0 Å². The molecule has 16 heavy (non-hydrogen) atoms. The van der Waals surface area contributed by atoms with Gasteiger partial charge in [0, 0.05) is 35.4 Å². The summed E-state index contributed by atoms with van der Waals surface area (Å²) in [6.45, 7) is 6.32. The van der Waals surface area contributed by atoms with E-state index in [4.69, 9.17) is 0 Å². The first-order chi connectivity index (χ1) is 7.56. The molecule has 0 radical (unpaired) electrons. The lowest BCUT2D eigenvalue weighted by Crippen LogP contribution is -2.41. The molecule has 1 saturated heterocycles. The third-order valence-electron chi connectivity index (χ3n) is 2.98. The van der Waals surface area contributed by atoms with Crippen molar-refractivity contribution in [3.05, 3.63) is 0 Å². The van der Waals surface area contributed by atoms with Crippen molar-refractivity contribution in [3.8, 4) is 0 Å². The summed E-state index contributed by atoms with van der Waals surface area (Å²) in [4.78, 5) is 13.8. The van der Waals surface area contributed by atoms with Crippen molar-refractivity contribution in [2.24, 2.45) is 0 Å². The van der Waals surface area contributed by atoms with Gasteiger partial charge < -0.3 is 10.2 Å². The molecule has 0 aromatic carbocycles. The first-order valence-corrected chi connectivity index (χ1v) is 7.52. The van der Waals surface area contributed by atoms with Gasteiger partial charge in [0.1, 0.15) is 0 Å². The molecule has 5 heteroatoms. The topological polar surface area (TPSA) is 49.4 Å². The van der Waals surface area contributed by atoms with E-state index < -0.39 is 10.8 Å². The molecule has 0 spiro atoms. The number of hydrogen-bond acceptors (Lipinski definition) is 3. The van der Waals surface area contributed by atoms with Crippen LogP contribution in [0.2, 0.25) is 0 Å². The number of hydrogen-bond donors (Lipinski definition) is 1. The molecule has 0 saturated carbocycles. The minimum Gasteiger partial charge on any atom is -0.340 e. The smallest absolute Gasteiger partial charge is 0.239 e. The SMILES string of the molecule is CCCNC1CCN(CC(C)S(C)=O)C1=O. The summed E-state index contributed by atoms with van der Waals surface area (Å²) in [5, 5.41) is 3.31. The van der Waals surface area contributed by atoms with Crippen LogP contribution in [-0.2, 0) is 15.6 Å². The van der Waals surface area contributed by atoms with Crippen molar-refractivity contribution in [1.29, 1.82) is 0 Å². The van der Waals surface area contributed by atoms with Gasteiger partial charge in [-0.25, -0.2) is 0 Å². The molecule has 1 aliphatic rings. The van der Waals surface area contributed by atoms with Crippen molar-refractivity contribution >= 4 is 16.7 Å². The van der Waals surface area contributed by atoms with Crippen LogP contribution in [0.4, 0.5) is 0 Å². The lowest BCUT2D eigenvalue weighted by molar-refractivity contribution is -0.129. The molecule has 4 nitrogen and oxygen atoms in total. The van der Waals surface area contributed by atoms with Gasteiger partial charge in [-0.2, -0.15) is 0 Å². The van der Waals surface area contributed by atoms with Gasteiger partial charge in [0.25, 0.3) is 0 Å². The van der Waals surface area contributed by atoms with Crippen molar-refractivity contribution < 1.29 is 9.00 Å². The summed E-state index contributed by atoms with van der Waals surface area (Å²) in [5.74, 6) is 0.172. The van der Waals surface area contributed by atoms with E-state index in [9.17, 15) is 9.00 Å². The molecule has 1 rings (SSSR count). The van der Waals surface area contributed by atoms with E-state index in [1.807, 2.05) is 11.8 Å². The summed E-state index contributed by atoms with van der Waals surface area (Å²) >= 11 is 0. The van der Waals surface area contributed by atoms with E-state index >= 15 is 0 Å². The largest absolute Gasteiger partial charge is 0.340 e. The number of carbonyl (C=O) groups excluding carboxylic acids is 1. The first-order valence-electron chi connectivity index (χ1n) is 5.90. The molecule has 1 aliphatic heterocycles. The van der Waals surface area contributed by atoms with Gasteiger partial charge in [0.15, 0.2) is 0 Å². The minimum atomic E-state index is -0.852. The van der Waals surface area contributed by atoms with Crippen LogP contribution in [0.3, 0.4) is 0 Å². The molecule has 1 amide bonds. The Morgan fingerprint density at radius 2 is 2.31 bits per heavy atom. The van der Waals surface area contributed by atoms with Crippen molar-refractivity contribution in [1.82, 2.24) is 10.2 Å². The predicted molar refractivity (Wildman–Crippen MR) is 66.8 cm³/mol. The van der Waals surface area contributed by atoms with E-state index in [2.05, 4.69) is 12.2 Å². The molecule has 3 unspecified atom stereocenters. The van der Waals surface area contributed by atoms with Gasteiger partial charge in [0.2, 0.25) is 5.91 Å². The van der Waals surface area contributed by atoms with Gasteiger partial charge in [0.05, 0.1) is 6.04 Å². The summed E-state index contributed by atoms with van der Waals surface area (Å²) in [5.41, 5.74) is 0. The molecule has 94 valence electrons. The van der Waals surface area contributed by atoms with Gasteiger partial charge in [-0.1, -0.05) is 6.92 Å². The predicted octanol–water partition coefficient (Wildman–Crippen LogP) is 0.354. The lowest BCUT2D eigenvalue weighted by Gasteiger charge is -2.20. The standard InChI is InChI=1S/C11H22N2O2S/c1-4-6-12-10-5-7-13(11(10)14)8-9(2)16(3)15/h9-10,12H,4-8H2,1-3H3. The Hall–Kier alpha value is -0.420. The molecule has 0 aromatic heterocycles. The average molecular weight is 246 g/mol. The van der Waals surface area contributed by atoms with E-state index in [0.29, 0.717) is 6.54 Å². The molecular weight excluding hydrogens is 224 g/mol. The van der Waals surface area contributed by atoms with Crippen molar-refractivity contribution in [3.63, 3.8) is 0 Å². The van der Waals surface area contributed by atoms with Gasteiger partial charge in [-0.15, -0.1) is 0 Å². The minimum absolute atomic E-state index is 0.0163. The van der Waals surface area contributed by atoms with Gasteiger partial charge in [-0.05, 0) is 26.3 Å². The zero-order chi connectivity index (χ0) is 12.1. The number of rotatable bonds is 6. The summed E-state index contributed by atoms with van der Waals surface area (Å²) in [7, 11) is -0.852. The molecule has 1 N–H and O–H groups in total. The second-order valence-corrected chi connectivity index (χ2v) is 6.19. The maximum Gasteiger partial charge on any atom is 0.239 e. The van der Waals surface area contributed by atoms with Crippen LogP contribution in [-0.4, -0.2) is 52.2 Å². The Bertz CT molecular complexity index is 271. The Kier molecular flexibility index (Phi) is 5.41. The molecular formula is C11H22N2O2S. The molecule has 1 heterocycles. The highest BCUT2D eigenvalue weighted by atomic mass is 32.2. The Morgan fingerprint density at radius 1 is 1.62 bits per heavy atom. The third-order valence-corrected chi connectivity index (χ3v) is 4.26. The van der Waals surface area contributed by atoms with E-state index in [0.717, 1.165) is 25.9 Å². The van der Waals surface area contributed by atoms with Crippen molar-refractivity contribution in [2.75, 3.05) is 25.9 Å². The Morgan fingerprint density at radius 3 is 2.88 bits per heavy atom. The maximum atomic E-state index is 11.9. The monoisotopic (exact) mass is 246 g/mol. The normalized spacial score (nSPS) is 24.8. The third kappa shape index (κ3) is 3.56. The van der Waals surface area contributed by atoms with E-state index in [-0.39, 0.29) is 17.2 Å². The molecule has 1 fully saturated rings. The highest BCUT2D eigenvalue weighted by molar-refractivity contribution is 7.84. The zero-order valence-electron chi connectivity index (χ0n) is 10.4. The number of nitrogens with one attached hydrogen (secondary N) is 1. The molecule has 3 atom stereocenters. The highest BCUT2D eigenvalue weighted by Crippen LogP contribution is 2.12. The van der Waals surface area contributed by atoms with Crippen LogP contribution >= 0.6 is 0 Å². The summed E-state index contributed by atoms with van der Waals surface area (Å²) < 4.78 is 11.2. The van der Waals surface area contributed by atoms with Crippen LogP contribution < -0.4 is 5.32 Å². The molecule has 0 bridgehead atoms. The number of likely N-dealkylation sites (tertiary alicyclic amines) is 1. The van der Waals surface area contributed by atoms with Crippen molar-refractivity contribution in [2.45, 2.75) is 38.0 Å². The fourth-order valence-electron chi connectivity index (χ4n) is 1.84. The Labute approximate surface area is 100 Å². The lowest BCUT2D eigenvalue weighted by atomic mass is 10.2. The average Bonchev–Trinajstić information content (AvgIpc) is 2.57. The first kappa shape index (κ1) is 13.6.